The van der Waals surface area contributed by atoms with E-state index in [9.17, 15) is 9.00 Å². The third-order valence-electron chi connectivity index (χ3n) is 2.20. The van der Waals surface area contributed by atoms with E-state index in [2.05, 4.69) is 5.32 Å². The van der Waals surface area contributed by atoms with Crippen molar-refractivity contribution in [2.75, 3.05) is 25.2 Å². The lowest BCUT2D eigenvalue weighted by atomic mass is 10.2. The largest absolute Gasteiger partial charge is 0.484 e. The fourth-order valence-electron chi connectivity index (χ4n) is 1.31. The van der Waals surface area contributed by atoms with E-state index >= 15 is 0 Å². The predicted octanol–water partition coefficient (Wildman–Crippen LogP) is 0.0188. The van der Waals surface area contributed by atoms with E-state index in [4.69, 9.17) is 10.5 Å². The van der Waals surface area contributed by atoms with Gasteiger partial charge in [0.05, 0.1) is 0 Å². The molecule has 0 saturated carbocycles. The monoisotopic (exact) mass is 270 g/mol. The zero-order valence-electron chi connectivity index (χ0n) is 10.3. The van der Waals surface area contributed by atoms with Gasteiger partial charge in [0.1, 0.15) is 5.75 Å². The third kappa shape index (κ3) is 6.36. The molecule has 0 radical (unpaired) electrons. The van der Waals surface area contributed by atoms with Gasteiger partial charge in [-0.15, -0.1) is 0 Å². The summed E-state index contributed by atoms with van der Waals surface area (Å²) in [6.07, 6.45) is 1.69. The van der Waals surface area contributed by atoms with Crippen molar-refractivity contribution >= 4 is 16.7 Å². The topological polar surface area (TPSA) is 81.4 Å². The number of benzene rings is 1. The molecule has 1 aromatic carbocycles. The summed E-state index contributed by atoms with van der Waals surface area (Å²) in [5.74, 6) is 0.778. The lowest BCUT2D eigenvalue weighted by Crippen LogP contribution is -2.20. The van der Waals surface area contributed by atoms with E-state index < -0.39 is 16.7 Å². The van der Waals surface area contributed by atoms with Crippen LogP contribution in [0.5, 0.6) is 5.75 Å². The Kier molecular flexibility index (Phi) is 6.38. The number of amides is 1. The van der Waals surface area contributed by atoms with Gasteiger partial charge >= 0.3 is 0 Å². The number of hydrogen-bond acceptors (Lipinski definition) is 4. The minimum atomic E-state index is -0.761. The molecular weight excluding hydrogens is 252 g/mol. The van der Waals surface area contributed by atoms with Gasteiger partial charge in [-0.05, 0) is 17.7 Å². The first-order valence-electron chi connectivity index (χ1n) is 5.58. The number of carbonyl (C=O) groups is 1. The van der Waals surface area contributed by atoms with E-state index in [0.29, 0.717) is 18.0 Å². The molecule has 1 atom stereocenters. The summed E-state index contributed by atoms with van der Waals surface area (Å²) in [6, 6.07) is 7.40. The molecule has 0 aliphatic carbocycles. The molecule has 0 aliphatic rings. The van der Waals surface area contributed by atoms with Crippen molar-refractivity contribution in [2.45, 2.75) is 6.54 Å². The molecule has 0 saturated heterocycles. The normalized spacial score (nSPS) is 12.1. The van der Waals surface area contributed by atoms with Crippen LogP contribution < -0.4 is 15.8 Å². The quantitative estimate of drug-likeness (QED) is 0.652. The molecule has 0 spiro atoms. The summed E-state index contributed by atoms with van der Waals surface area (Å²) in [6.45, 7) is 1.33. The molecule has 3 N–H and O–H groups in total. The van der Waals surface area contributed by atoms with Crippen LogP contribution in [0.4, 0.5) is 0 Å². The summed E-state index contributed by atoms with van der Waals surface area (Å²) in [5.41, 5.74) is 6.08. The molecule has 1 rings (SSSR count). The fraction of sp³-hybridized carbons (Fsp3) is 0.417. The average molecular weight is 270 g/mol. The molecule has 0 fully saturated rings. The van der Waals surface area contributed by atoms with Gasteiger partial charge in [0, 0.05) is 35.9 Å². The molecule has 100 valence electrons. The molecule has 6 heteroatoms. The van der Waals surface area contributed by atoms with Gasteiger partial charge in [-0.2, -0.15) is 0 Å². The predicted molar refractivity (Wildman–Crippen MR) is 71.8 cm³/mol. The van der Waals surface area contributed by atoms with Crippen LogP contribution in [0.2, 0.25) is 0 Å². The van der Waals surface area contributed by atoms with Crippen LogP contribution in [-0.2, 0) is 22.1 Å². The Bertz CT molecular complexity index is 406. The van der Waals surface area contributed by atoms with Crippen molar-refractivity contribution < 1.29 is 13.7 Å². The molecule has 1 amide bonds. The number of hydrogen-bond donors (Lipinski definition) is 2. The Morgan fingerprint density at radius 1 is 1.39 bits per heavy atom. The van der Waals surface area contributed by atoms with Crippen molar-refractivity contribution in [1.29, 1.82) is 0 Å². The molecule has 0 bridgehead atoms. The minimum absolute atomic E-state index is 0.111. The number of nitrogens with one attached hydrogen (secondary N) is 1. The number of ether oxygens (including phenoxy) is 1. The van der Waals surface area contributed by atoms with Crippen molar-refractivity contribution in [3.05, 3.63) is 29.8 Å². The van der Waals surface area contributed by atoms with Crippen molar-refractivity contribution in [3.63, 3.8) is 0 Å². The zero-order valence-corrected chi connectivity index (χ0v) is 11.2. The van der Waals surface area contributed by atoms with Crippen LogP contribution in [0.1, 0.15) is 5.56 Å². The molecule has 0 aliphatic heterocycles. The summed E-state index contributed by atoms with van der Waals surface area (Å²) < 4.78 is 16.0. The van der Waals surface area contributed by atoms with Gasteiger partial charge in [0.25, 0.3) is 5.91 Å². The van der Waals surface area contributed by atoms with Gasteiger partial charge in [-0.1, -0.05) is 12.1 Å². The van der Waals surface area contributed by atoms with Gasteiger partial charge in [0.2, 0.25) is 0 Å². The highest BCUT2D eigenvalue weighted by molar-refractivity contribution is 7.84. The van der Waals surface area contributed by atoms with Gasteiger partial charge in [-0.25, -0.2) is 0 Å². The Hall–Kier alpha value is -1.40. The highest BCUT2D eigenvalue weighted by Gasteiger charge is 1.98. The van der Waals surface area contributed by atoms with E-state index in [1.54, 1.807) is 18.4 Å². The average Bonchev–Trinajstić information content (AvgIpc) is 2.33. The summed E-state index contributed by atoms with van der Waals surface area (Å²) in [4.78, 5) is 10.5. The number of primary amides is 1. The van der Waals surface area contributed by atoms with E-state index in [1.807, 2.05) is 12.1 Å². The standard InChI is InChI=1S/C12H18N2O3S/c1-18(16)7-6-14-8-10-2-4-11(5-3-10)17-9-12(13)15/h2-5,14H,6-9H2,1H3,(H2,13,15). The summed E-state index contributed by atoms with van der Waals surface area (Å²) >= 11 is 0. The van der Waals surface area contributed by atoms with Gasteiger partial charge < -0.3 is 15.8 Å². The number of rotatable bonds is 8. The smallest absolute Gasteiger partial charge is 0.255 e. The molecular formula is C12H18N2O3S. The Morgan fingerprint density at radius 3 is 2.61 bits per heavy atom. The highest BCUT2D eigenvalue weighted by Crippen LogP contribution is 2.11. The fourth-order valence-corrected chi connectivity index (χ4v) is 1.74. The molecule has 1 unspecified atom stereocenters. The lowest BCUT2D eigenvalue weighted by molar-refractivity contribution is -0.119. The van der Waals surface area contributed by atoms with Gasteiger partial charge in [0.15, 0.2) is 6.61 Å². The van der Waals surface area contributed by atoms with E-state index in [0.717, 1.165) is 12.1 Å². The van der Waals surface area contributed by atoms with Crippen molar-refractivity contribution in [2.24, 2.45) is 5.73 Å². The first kappa shape index (κ1) is 14.7. The highest BCUT2D eigenvalue weighted by atomic mass is 32.2. The second kappa shape index (κ2) is 7.84. The molecule has 1 aromatic rings. The molecule has 18 heavy (non-hydrogen) atoms. The van der Waals surface area contributed by atoms with E-state index in [-0.39, 0.29) is 6.61 Å². The van der Waals surface area contributed by atoms with Crippen LogP contribution in [-0.4, -0.2) is 35.3 Å². The van der Waals surface area contributed by atoms with Crippen LogP contribution in [0.3, 0.4) is 0 Å². The summed E-state index contributed by atoms with van der Waals surface area (Å²) in [7, 11) is -0.761. The molecule has 0 aromatic heterocycles. The third-order valence-corrected chi connectivity index (χ3v) is 2.98. The van der Waals surface area contributed by atoms with Crippen LogP contribution in [0.25, 0.3) is 0 Å². The van der Waals surface area contributed by atoms with Crippen LogP contribution in [0.15, 0.2) is 24.3 Å². The maximum Gasteiger partial charge on any atom is 0.255 e. The lowest BCUT2D eigenvalue weighted by Gasteiger charge is -2.06. The second-order valence-corrected chi connectivity index (χ2v) is 5.41. The van der Waals surface area contributed by atoms with E-state index in [1.165, 1.54) is 0 Å². The van der Waals surface area contributed by atoms with Gasteiger partial charge in [-0.3, -0.25) is 9.00 Å². The Balaban J connectivity index is 2.31. The SMILES string of the molecule is CS(=O)CCNCc1ccc(OCC(N)=O)cc1. The zero-order chi connectivity index (χ0) is 13.4. The maximum atomic E-state index is 10.8. The van der Waals surface area contributed by atoms with Crippen molar-refractivity contribution in [3.8, 4) is 5.75 Å². The first-order chi connectivity index (χ1) is 8.58. The minimum Gasteiger partial charge on any atom is -0.484 e. The number of carbonyl (C=O) groups excluding carboxylic acids is 1. The number of nitrogens with two attached hydrogens (primary N) is 1. The van der Waals surface area contributed by atoms with Crippen molar-refractivity contribution in [1.82, 2.24) is 5.32 Å². The Morgan fingerprint density at radius 2 is 2.06 bits per heavy atom. The second-order valence-electron chi connectivity index (χ2n) is 3.85. The molecule has 0 heterocycles. The maximum absolute atomic E-state index is 10.8. The first-order valence-corrected chi connectivity index (χ1v) is 7.31. The Labute approximate surface area is 109 Å². The van der Waals surface area contributed by atoms with Crippen LogP contribution in [0, 0.1) is 0 Å². The molecule has 5 nitrogen and oxygen atoms in total. The summed E-state index contributed by atoms with van der Waals surface area (Å²) in [5, 5.41) is 3.19. The van der Waals surface area contributed by atoms with Crippen LogP contribution >= 0.6 is 0 Å².